The molecule has 1 aromatic heterocycles. The maximum atomic E-state index is 12.9. The summed E-state index contributed by atoms with van der Waals surface area (Å²) in [5.74, 6) is 0. The van der Waals surface area contributed by atoms with Crippen LogP contribution in [0.2, 0.25) is 0 Å². The van der Waals surface area contributed by atoms with E-state index in [1.54, 1.807) is 19.9 Å². The van der Waals surface area contributed by atoms with Gasteiger partial charge >= 0.3 is 0 Å². The Hall–Kier alpha value is -0.470. The summed E-state index contributed by atoms with van der Waals surface area (Å²) in [6.07, 6.45) is 1.82. The predicted molar refractivity (Wildman–Crippen MR) is 83.6 cm³/mol. The minimum atomic E-state index is -3.39. The van der Waals surface area contributed by atoms with E-state index in [2.05, 4.69) is 19.1 Å². The zero-order valence-corrected chi connectivity index (χ0v) is 14.1. The number of hydrogen-bond acceptors (Lipinski definition) is 4. The van der Waals surface area contributed by atoms with Crippen molar-refractivity contribution in [2.75, 3.05) is 26.2 Å². The summed E-state index contributed by atoms with van der Waals surface area (Å²) in [5.41, 5.74) is 0. The van der Waals surface area contributed by atoms with E-state index >= 15 is 0 Å². The van der Waals surface area contributed by atoms with Gasteiger partial charge < -0.3 is 4.74 Å². The van der Waals surface area contributed by atoms with Gasteiger partial charge in [0.15, 0.2) is 0 Å². The molecule has 0 amide bonds. The van der Waals surface area contributed by atoms with Crippen molar-refractivity contribution in [2.45, 2.75) is 38.8 Å². The maximum Gasteiger partial charge on any atom is 0.282 e. The summed E-state index contributed by atoms with van der Waals surface area (Å²) in [6.45, 7) is 6.00. The molecule has 0 N–H and O–H groups in total. The van der Waals surface area contributed by atoms with E-state index in [0.29, 0.717) is 26.2 Å². The first-order valence-corrected chi connectivity index (χ1v) is 9.64. The average Bonchev–Trinajstić information content (AvgIpc) is 3.07. The zero-order valence-electron chi connectivity index (χ0n) is 12.5. The number of rotatable bonds is 3. The van der Waals surface area contributed by atoms with Crippen LogP contribution in [0.4, 0.5) is 0 Å². The van der Waals surface area contributed by atoms with Crippen LogP contribution in [0, 0.1) is 6.92 Å². The van der Waals surface area contributed by atoms with Gasteiger partial charge in [-0.3, -0.25) is 0 Å². The Balaban J connectivity index is 1.83. The molecule has 0 aliphatic carbocycles. The molecular formula is C14H22N2O3S2. The summed E-state index contributed by atoms with van der Waals surface area (Å²) in [6, 6.07) is 4.15. The van der Waals surface area contributed by atoms with Crippen LogP contribution in [0.15, 0.2) is 12.1 Å². The molecule has 0 spiro atoms. The van der Waals surface area contributed by atoms with E-state index < -0.39 is 10.2 Å². The van der Waals surface area contributed by atoms with Crippen molar-refractivity contribution >= 4 is 21.5 Å². The van der Waals surface area contributed by atoms with Gasteiger partial charge in [0, 0.05) is 29.4 Å². The second-order valence-electron chi connectivity index (χ2n) is 5.76. The highest BCUT2D eigenvalue weighted by Crippen LogP contribution is 2.38. The summed E-state index contributed by atoms with van der Waals surface area (Å²) in [4.78, 5) is 2.39. The van der Waals surface area contributed by atoms with Gasteiger partial charge in [-0.1, -0.05) is 0 Å². The van der Waals surface area contributed by atoms with Crippen LogP contribution < -0.4 is 0 Å². The first-order chi connectivity index (χ1) is 9.98. The molecule has 0 aromatic carbocycles. The standard InChI is InChI=1S/C14H22N2O3S2/c1-11-10-15(8-9-19-11)21(17,18)16-7-3-4-13(16)14-6-5-12(2)20-14/h5-6,11,13H,3-4,7-10H2,1-2H3. The van der Waals surface area contributed by atoms with Crippen molar-refractivity contribution < 1.29 is 13.2 Å². The van der Waals surface area contributed by atoms with Crippen molar-refractivity contribution in [1.29, 1.82) is 0 Å². The lowest BCUT2D eigenvalue weighted by Gasteiger charge is -2.35. The zero-order chi connectivity index (χ0) is 15.0. The summed E-state index contributed by atoms with van der Waals surface area (Å²) in [7, 11) is -3.39. The van der Waals surface area contributed by atoms with Gasteiger partial charge in [0.05, 0.1) is 18.8 Å². The lowest BCUT2D eigenvalue weighted by molar-refractivity contribution is 0.00812. The molecule has 2 saturated heterocycles. The Morgan fingerprint density at radius 2 is 2.14 bits per heavy atom. The second-order valence-corrected chi connectivity index (χ2v) is 8.96. The molecule has 2 fully saturated rings. The normalized spacial score (nSPS) is 29.0. The number of nitrogens with zero attached hydrogens (tertiary/aromatic N) is 2. The van der Waals surface area contributed by atoms with Crippen LogP contribution in [0.25, 0.3) is 0 Å². The molecule has 3 heterocycles. The van der Waals surface area contributed by atoms with E-state index in [4.69, 9.17) is 4.74 Å². The van der Waals surface area contributed by atoms with Gasteiger partial charge in [-0.2, -0.15) is 17.0 Å². The first kappa shape index (κ1) is 15.4. The minimum Gasteiger partial charge on any atom is -0.376 e. The van der Waals surface area contributed by atoms with Gasteiger partial charge in [-0.25, -0.2) is 0 Å². The summed E-state index contributed by atoms with van der Waals surface area (Å²) < 4.78 is 34.6. The van der Waals surface area contributed by atoms with Crippen LogP contribution in [0.5, 0.6) is 0 Å². The Bertz CT molecular complexity index is 599. The minimum absolute atomic E-state index is 0.00634. The number of aryl methyl sites for hydroxylation is 1. The third-order valence-corrected chi connectivity index (χ3v) is 7.24. The Morgan fingerprint density at radius 1 is 1.33 bits per heavy atom. The van der Waals surface area contributed by atoms with Crippen LogP contribution in [-0.4, -0.2) is 49.4 Å². The molecule has 2 atom stereocenters. The Kier molecular flexibility index (Phi) is 4.38. The molecule has 0 saturated carbocycles. The van der Waals surface area contributed by atoms with Gasteiger partial charge in [0.25, 0.3) is 10.2 Å². The van der Waals surface area contributed by atoms with Crippen molar-refractivity contribution in [3.63, 3.8) is 0 Å². The molecule has 1 aromatic rings. The molecule has 0 bridgehead atoms. The third kappa shape index (κ3) is 3.03. The van der Waals surface area contributed by atoms with E-state index in [1.807, 2.05) is 6.92 Å². The van der Waals surface area contributed by atoms with Gasteiger partial charge in [-0.05, 0) is 38.8 Å². The van der Waals surface area contributed by atoms with E-state index in [0.717, 1.165) is 17.7 Å². The molecule has 5 nitrogen and oxygen atoms in total. The smallest absolute Gasteiger partial charge is 0.282 e. The lowest BCUT2D eigenvalue weighted by atomic mass is 10.2. The first-order valence-electron chi connectivity index (χ1n) is 7.43. The SMILES string of the molecule is Cc1ccc(C2CCCN2S(=O)(=O)N2CCOC(C)C2)s1. The van der Waals surface area contributed by atoms with E-state index in [-0.39, 0.29) is 12.1 Å². The fraction of sp³-hybridized carbons (Fsp3) is 0.714. The number of morpholine rings is 1. The Morgan fingerprint density at radius 3 is 2.81 bits per heavy atom. The van der Waals surface area contributed by atoms with Crippen molar-refractivity contribution in [2.24, 2.45) is 0 Å². The summed E-state index contributed by atoms with van der Waals surface area (Å²) in [5, 5.41) is 0. The molecule has 0 radical (unpaired) electrons. The third-order valence-electron chi connectivity index (χ3n) is 4.12. The van der Waals surface area contributed by atoms with Gasteiger partial charge in [0.2, 0.25) is 0 Å². The Labute approximate surface area is 130 Å². The highest BCUT2D eigenvalue weighted by molar-refractivity contribution is 7.86. The molecule has 118 valence electrons. The number of ether oxygens (including phenoxy) is 1. The topological polar surface area (TPSA) is 49.9 Å². The highest BCUT2D eigenvalue weighted by Gasteiger charge is 2.40. The van der Waals surface area contributed by atoms with Crippen molar-refractivity contribution in [3.8, 4) is 0 Å². The van der Waals surface area contributed by atoms with Crippen molar-refractivity contribution in [3.05, 3.63) is 21.9 Å². The van der Waals surface area contributed by atoms with Crippen LogP contribution in [-0.2, 0) is 14.9 Å². The quantitative estimate of drug-likeness (QED) is 0.853. The number of hydrogen-bond donors (Lipinski definition) is 0. The van der Waals surface area contributed by atoms with Crippen LogP contribution in [0.3, 0.4) is 0 Å². The molecule has 2 aliphatic heterocycles. The molecular weight excluding hydrogens is 308 g/mol. The maximum absolute atomic E-state index is 12.9. The van der Waals surface area contributed by atoms with E-state index in [1.165, 1.54) is 4.88 Å². The molecule has 21 heavy (non-hydrogen) atoms. The van der Waals surface area contributed by atoms with Crippen LogP contribution >= 0.6 is 11.3 Å². The highest BCUT2D eigenvalue weighted by atomic mass is 32.2. The fourth-order valence-corrected chi connectivity index (χ4v) is 6.07. The average molecular weight is 330 g/mol. The monoisotopic (exact) mass is 330 g/mol. The molecule has 2 aliphatic rings. The lowest BCUT2D eigenvalue weighted by Crippen LogP contribution is -2.50. The molecule has 2 unspecified atom stereocenters. The molecule has 3 rings (SSSR count). The van der Waals surface area contributed by atoms with E-state index in [9.17, 15) is 8.42 Å². The van der Waals surface area contributed by atoms with Gasteiger partial charge in [-0.15, -0.1) is 11.3 Å². The van der Waals surface area contributed by atoms with Crippen LogP contribution in [0.1, 0.15) is 35.6 Å². The number of thiophene rings is 1. The van der Waals surface area contributed by atoms with Gasteiger partial charge in [0.1, 0.15) is 0 Å². The fourth-order valence-electron chi connectivity index (χ4n) is 3.08. The second kappa shape index (κ2) is 5.96. The largest absolute Gasteiger partial charge is 0.376 e. The summed E-state index contributed by atoms with van der Waals surface area (Å²) >= 11 is 1.70. The van der Waals surface area contributed by atoms with Crippen molar-refractivity contribution in [1.82, 2.24) is 8.61 Å². The molecule has 7 heteroatoms. The predicted octanol–water partition coefficient (Wildman–Crippen LogP) is 2.16.